The molecule has 17 nitrogen and oxygen atoms in total. The Balaban J connectivity index is 2.19. The fourth-order valence-corrected chi connectivity index (χ4v) is 5.66. The molecule has 1 aliphatic heterocycles. The lowest BCUT2D eigenvalue weighted by Crippen LogP contribution is -2.33. The van der Waals surface area contributed by atoms with Gasteiger partial charge in [-0.25, -0.2) is 18.5 Å². The van der Waals surface area contributed by atoms with Gasteiger partial charge in [-0.1, -0.05) is 0 Å². The molecule has 184 valence electrons. The summed E-state index contributed by atoms with van der Waals surface area (Å²) in [6.07, 6.45) is -2.42. The van der Waals surface area contributed by atoms with Crippen molar-refractivity contribution < 1.29 is 55.9 Å². The normalized spacial score (nSPS) is 24.4. The maximum Gasteiger partial charge on any atom is 0.490 e. The van der Waals surface area contributed by atoms with Gasteiger partial charge in [-0.2, -0.15) is 13.9 Å². The molecule has 0 aromatic carbocycles. The van der Waals surface area contributed by atoms with Crippen LogP contribution in [0.25, 0.3) is 0 Å². The monoisotopic (exact) mass is 533 g/mol. The number of ether oxygens (including phenoxy) is 2. The molecule has 1 aliphatic rings. The summed E-state index contributed by atoms with van der Waals surface area (Å²) in [7, 11) is -16.7. The number of aromatic nitrogens is 2. The van der Waals surface area contributed by atoms with E-state index < -0.39 is 59.8 Å². The number of allylic oxidation sites excluding steroid dienone is 1. The van der Waals surface area contributed by atoms with Crippen LogP contribution in [0.5, 0.6) is 0 Å². The molecule has 33 heavy (non-hydrogen) atoms. The van der Waals surface area contributed by atoms with Gasteiger partial charge in [-0.3, -0.25) is 18.9 Å². The van der Waals surface area contributed by atoms with Crippen LogP contribution in [0.4, 0.5) is 0 Å². The minimum Gasteiger partial charge on any atom is -0.478 e. The minimum atomic E-state index is -5.73. The third-order valence-corrected chi connectivity index (χ3v) is 7.68. The van der Waals surface area contributed by atoms with Gasteiger partial charge in [0.25, 0.3) is 5.56 Å². The summed E-state index contributed by atoms with van der Waals surface area (Å²) in [4.78, 5) is 61.6. The van der Waals surface area contributed by atoms with Crippen LogP contribution in [0.2, 0.25) is 0 Å². The Bertz CT molecular complexity index is 1210. The number of nitrogens with one attached hydrogen (secondary N) is 1. The molecule has 0 spiro atoms. The van der Waals surface area contributed by atoms with E-state index in [4.69, 9.17) is 24.5 Å². The van der Waals surface area contributed by atoms with Crippen molar-refractivity contribution in [3.63, 3.8) is 0 Å². The number of aromatic amines is 1. The smallest absolute Gasteiger partial charge is 0.478 e. The number of nitrogens with zero attached hydrogens (tertiary/aromatic N) is 2. The molecule has 5 atom stereocenters. The quantitative estimate of drug-likeness (QED) is 0.149. The van der Waals surface area contributed by atoms with E-state index in [1.807, 2.05) is 0 Å². The predicted octanol–water partition coefficient (Wildman–Crippen LogP) is -0.102. The van der Waals surface area contributed by atoms with Gasteiger partial charge in [0.15, 0.2) is 5.76 Å². The number of rotatable bonds is 10. The van der Waals surface area contributed by atoms with Crippen molar-refractivity contribution in [1.29, 1.82) is 5.26 Å². The molecule has 1 aromatic heterocycles. The lowest BCUT2D eigenvalue weighted by atomic mass is 10.2. The molecule has 1 aromatic rings. The summed E-state index contributed by atoms with van der Waals surface area (Å²) >= 11 is 0. The average molecular weight is 533 g/mol. The Morgan fingerprint density at radius 1 is 1.27 bits per heavy atom. The van der Waals surface area contributed by atoms with E-state index >= 15 is 0 Å². The van der Waals surface area contributed by atoms with Crippen LogP contribution in [0, 0.1) is 18.3 Å². The maximum atomic E-state index is 12.1. The highest BCUT2D eigenvalue weighted by molar-refractivity contribution is 7.66. The summed E-state index contributed by atoms with van der Waals surface area (Å²) < 4.78 is 57.6. The molecule has 2 unspecified atom stereocenters. The highest BCUT2D eigenvalue weighted by Crippen LogP contribution is 2.66. The summed E-state index contributed by atoms with van der Waals surface area (Å²) in [5.41, 5.74) is -1.32. The SMILES string of the molecule is C=C(C#N)O[C@H]1C[C@H](n2cc(C)c(=O)[nH]c2=O)O[C@@H]1COP(=O)(O)OP(=O)(O)OP(=O)(O)O. The first-order chi connectivity index (χ1) is 15.0. The Morgan fingerprint density at radius 2 is 1.91 bits per heavy atom. The zero-order valence-corrected chi connectivity index (χ0v) is 19.2. The van der Waals surface area contributed by atoms with Crippen molar-refractivity contribution in [3.8, 4) is 6.07 Å². The second kappa shape index (κ2) is 10.1. The molecular formula is C13H18N3O14P3. The van der Waals surface area contributed by atoms with Gasteiger partial charge in [-0.15, -0.1) is 0 Å². The largest absolute Gasteiger partial charge is 0.490 e. The van der Waals surface area contributed by atoms with Crippen molar-refractivity contribution in [2.24, 2.45) is 0 Å². The third kappa shape index (κ3) is 8.11. The van der Waals surface area contributed by atoms with E-state index in [2.05, 4.69) is 24.7 Å². The number of aryl methyl sites for hydroxylation is 1. The highest BCUT2D eigenvalue weighted by atomic mass is 31.3. The Kier molecular flexibility index (Phi) is 8.40. The fourth-order valence-electron chi connectivity index (χ4n) is 2.63. The van der Waals surface area contributed by atoms with E-state index in [-0.39, 0.29) is 17.7 Å². The van der Waals surface area contributed by atoms with E-state index in [0.29, 0.717) is 0 Å². The van der Waals surface area contributed by atoms with Crippen LogP contribution in [0.1, 0.15) is 18.2 Å². The summed E-state index contributed by atoms with van der Waals surface area (Å²) in [6.45, 7) is 3.85. The van der Waals surface area contributed by atoms with Crippen LogP contribution in [0.15, 0.2) is 28.1 Å². The van der Waals surface area contributed by atoms with Crippen LogP contribution >= 0.6 is 23.5 Å². The van der Waals surface area contributed by atoms with Crippen LogP contribution in [-0.4, -0.2) is 47.9 Å². The van der Waals surface area contributed by atoms with Gasteiger partial charge in [-0.05, 0) is 13.5 Å². The standard InChI is InChI=1S/C13H18N3O14P3/c1-7-5-16(13(18)15-12(7)17)11-3-9(27-8(2)4-14)10(28-11)6-26-32(22,23)30-33(24,25)29-31(19,20)21/h5,9-11H,2-3,6H2,1H3,(H,22,23)(H,24,25)(H,15,17,18)(H2,19,20,21)/t9-,10+,11+/m0/s1. The third-order valence-electron chi connectivity index (χ3n) is 3.87. The summed E-state index contributed by atoms with van der Waals surface area (Å²) in [5.74, 6) is -0.377. The van der Waals surface area contributed by atoms with Crippen LogP contribution in [0.3, 0.4) is 0 Å². The van der Waals surface area contributed by atoms with Crippen molar-refractivity contribution in [2.75, 3.05) is 6.61 Å². The molecule has 1 saturated heterocycles. The number of hydrogen-bond acceptors (Lipinski definition) is 11. The maximum absolute atomic E-state index is 12.1. The van der Waals surface area contributed by atoms with E-state index in [1.165, 1.54) is 13.1 Å². The van der Waals surface area contributed by atoms with Crippen molar-refractivity contribution >= 4 is 23.5 Å². The Labute approximate surface area is 184 Å². The zero-order valence-electron chi connectivity index (χ0n) is 16.5. The molecule has 1 fully saturated rings. The van der Waals surface area contributed by atoms with E-state index in [0.717, 1.165) is 4.57 Å². The first-order valence-electron chi connectivity index (χ1n) is 8.53. The molecule has 5 N–H and O–H groups in total. The zero-order chi connectivity index (χ0) is 25.2. The van der Waals surface area contributed by atoms with Crippen LogP contribution in [-0.2, 0) is 36.3 Å². The van der Waals surface area contributed by atoms with Gasteiger partial charge >= 0.3 is 29.2 Å². The first kappa shape index (κ1) is 27.3. The second-order valence-corrected chi connectivity index (χ2v) is 10.8. The molecule has 0 bridgehead atoms. The summed E-state index contributed by atoms with van der Waals surface area (Å²) in [6, 6.07) is 1.60. The molecule has 0 saturated carbocycles. The number of nitriles is 1. The number of phosphoric acid groups is 3. The fraction of sp³-hybridized carbons (Fsp3) is 0.462. The van der Waals surface area contributed by atoms with Crippen LogP contribution < -0.4 is 11.2 Å². The van der Waals surface area contributed by atoms with Gasteiger partial charge in [0.05, 0.1) is 6.61 Å². The number of hydrogen-bond donors (Lipinski definition) is 5. The van der Waals surface area contributed by atoms with Crippen molar-refractivity contribution in [1.82, 2.24) is 9.55 Å². The molecule has 0 radical (unpaired) electrons. The molecule has 0 amide bonds. The van der Waals surface area contributed by atoms with Gasteiger partial charge in [0.2, 0.25) is 0 Å². The summed E-state index contributed by atoms with van der Waals surface area (Å²) in [5, 5.41) is 8.87. The average Bonchev–Trinajstić information content (AvgIpc) is 3.02. The Hall–Kier alpha value is -1.92. The minimum absolute atomic E-state index is 0.128. The molecular weight excluding hydrogens is 515 g/mol. The molecule has 2 heterocycles. The number of phosphoric ester groups is 1. The second-order valence-electron chi connectivity index (χ2n) is 6.42. The molecule has 2 rings (SSSR count). The molecule has 20 heteroatoms. The van der Waals surface area contributed by atoms with Crippen molar-refractivity contribution in [2.45, 2.75) is 31.8 Å². The van der Waals surface area contributed by atoms with E-state index in [9.17, 15) is 33.1 Å². The molecule has 0 aliphatic carbocycles. The van der Waals surface area contributed by atoms with Gasteiger partial charge in [0.1, 0.15) is 24.5 Å². The lowest BCUT2D eigenvalue weighted by molar-refractivity contribution is -0.0489. The highest BCUT2D eigenvalue weighted by Gasteiger charge is 2.44. The van der Waals surface area contributed by atoms with Crippen molar-refractivity contribution in [3.05, 3.63) is 44.9 Å². The van der Waals surface area contributed by atoms with Gasteiger partial charge < -0.3 is 29.0 Å². The Morgan fingerprint density at radius 3 is 2.48 bits per heavy atom. The topological polar surface area (TPSA) is 257 Å². The van der Waals surface area contributed by atoms with Gasteiger partial charge in [0, 0.05) is 18.2 Å². The first-order valence-corrected chi connectivity index (χ1v) is 13.1. The van der Waals surface area contributed by atoms with E-state index in [1.54, 1.807) is 6.07 Å². The predicted molar refractivity (Wildman–Crippen MR) is 104 cm³/mol. The lowest BCUT2D eigenvalue weighted by Gasteiger charge is -2.21. The number of H-pyrrole nitrogens is 1.